The van der Waals surface area contributed by atoms with Gasteiger partial charge in [0.15, 0.2) is 0 Å². The first-order chi connectivity index (χ1) is 27.7. The van der Waals surface area contributed by atoms with Crippen LogP contribution in [0.5, 0.6) is 0 Å². The van der Waals surface area contributed by atoms with Crippen LogP contribution in [0.4, 0.5) is 34.3 Å². The van der Waals surface area contributed by atoms with E-state index >= 15 is 0 Å². The van der Waals surface area contributed by atoms with E-state index < -0.39 is 0 Å². The second kappa shape index (κ2) is 11.5. The highest BCUT2D eigenvalue weighted by molar-refractivity contribution is 6.13. The summed E-state index contributed by atoms with van der Waals surface area (Å²) in [6.45, 7) is 21.2. The van der Waals surface area contributed by atoms with E-state index in [0.29, 0.717) is 0 Å². The molecule has 0 fully saturated rings. The summed E-state index contributed by atoms with van der Waals surface area (Å²) in [6, 6.07) is 45.4. The third kappa shape index (κ3) is 4.53. The van der Waals surface area contributed by atoms with Crippen LogP contribution >= 0.6 is 0 Å². The van der Waals surface area contributed by atoms with Crippen LogP contribution in [0.15, 0.2) is 134 Å². The summed E-state index contributed by atoms with van der Waals surface area (Å²) in [7, 11) is 0. The third-order valence-electron chi connectivity index (χ3n) is 13.8. The van der Waals surface area contributed by atoms with Gasteiger partial charge in [-0.3, -0.25) is 9.47 Å². The van der Waals surface area contributed by atoms with Crippen LogP contribution in [-0.2, 0) is 21.7 Å². The highest BCUT2D eigenvalue weighted by Gasteiger charge is 2.42. The SMILES string of the molecule is CC(C)(C)c1cc2c3c(c1)c1cc4c(cc1n3-c1ncccc1C2(C)C)N(c1ccc2c(c1)N(c1ccccn1)c1ccccc1C2(C)C)c1ccccc1C4(C)C. The zero-order valence-corrected chi connectivity index (χ0v) is 34.9. The molecule has 0 unspecified atom stereocenters. The fourth-order valence-electron chi connectivity index (χ4n) is 10.5. The molecule has 0 bridgehead atoms. The Morgan fingerprint density at radius 3 is 1.78 bits per heavy atom. The first kappa shape index (κ1) is 35.0. The van der Waals surface area contributed by atoms with Crippen molar-refractivity contribution in [2.45, 2.75) is 84.0 Å². The van der Waals surface area contributed by atoms with Crippen molar-refractivity contribution in [3.8, 4) is 5.82 Å². The second-order valence-electron chi connectivity index (χ2n) is 19.2. The van der Waals surface area contributed by atoms with Crippen LogP contribution in [-0.4, -0.2) is 14.5 Å². The Balaban J connectivity index is 1.23. The number of anilines is 6. The molecule has 5 aromatic carbocycles. The van der Waals surface area contributed by atoms with Crippen molar-refractivity contribution in [1.82, 2.24) is 14.5 Å². The summed E-state index contributed by atoms with van der Waals surface area (Å²) in [6.07, 6.45) is 3.84. The molecule has 5 heteroatoms. The first-order valence-corrected chi connectivity index (χ1v) is 20.7. The zero-order chi connectivity index (χ0) is 40.1. The number of rotatable bonds is 2. The van der Waals surface area contributed by atoms with E-state index in [4.69, 9.17) is 9.97 Å². The quantitative estimate of drug-likeness (QED) is 0.176. The normalized spacial score (nSPS) is 16.7. The molecule has 3 aliphatic heterocycles. The largest absolute Gasteiger partial charge is 0.310 e. The molecule has 0 spiro atoms. The van der Waals surface area contributed by atoms with E-state index in [9.17, 15) is 0 Å². The highest BCUT2D eigenvalue weighted by Crippen LogP contribution is 2.58. The van der Waals surface area contributed by atoms with E-state index in [1.54, 1.807) is 0 Å². The minimum Gasteiger partial charge on any atom is -0.310 e. The van der Waals surface area contributed by atoms with Gasteiger partial charge in [0.05, 0.1) is 33.8 Å². The van der Waals surface area contributed by atoms with E-state index in [-0.39, 0.29) is 21.7 Å². The number of para-hydroxylation sites is 2. The number of benzene rings is 5. The van der Waals surface area contributed by atoms with Gasteiger partial charge < -0.3 is 4.90 Å². The Bertz CT molecular complexity index is 3030. The van der Waals surface area contributed by atoms with Gasteiger partial charge in [0.25, 0.3) is 0 Å². The van der Waals surface area contributed by atoms with Crippen LogP contribution in [0, 0.1) is 0 Å². The lowest BCUT2D eigenvalue weighted by molar-refractivity contribution is 0.581. The maximum atomic E-state index is 5.14. The molecule has 0 saturated heterocycles. The fraction of sp³-hybridized carbons (Fsp3) is 0.245. The smallest absolute Gasteiger partial charge is 0.141 e. The molecule has 5 nitrogen and oxygen atoms in total. The van der Waals surface area contributed by atoms with Gasteiger partial charge in [0.1, 0.15) is 11.6 Å². The van der Waals surface area contributed by atoms with Gasteiger partial charge in [-0.2, -0.15) is 0 Å². The van der Waals surface area contributed by atoms with E-state index in [2.05, 4.69) is 192 Å². The topological polar surface area (TPSA) is 37.2 Å². The van der Waals surface area contributed by atoms with Gasteiger partial charge in [-0.05, 0) is 99.5 Å². The van der Waals surface area contributed by atoms with Gasteiger partial charge in [-0.25, -0.2) is 9.97 Å². The maximum Gasteiger partial charge on any atom is 0.141 e. The molecule has 0 amide bonds. The minimum absolute atomic E-state index is 0.0156. The lowest BCUT2D eigenvalue weighted by Crippen LogP contribution is -2.32. The summed E-state index contributed by atoms with van der Waals surface area (Å²) in [5.41, 5.74) is 16.7. The molecule has 0 saturated carbocycles. The average molecular weight is 756 g/mol. The average Bonchev–Trinajstić information content (AvgIpc) is 3.53. The van der Waals surface area contributed by atoms with Crippen molar-refractivity contribution in [1.29, 1.82) is 0 Å². The third-order valence-corrected chi connectivity index (χ3v) is 13.8. The van der Waals surface area contributed by atoms with Crippen molar-refractivity contribution >= 4 is 56.1 Å². The Labute approximate surface area is 341 Å². The first-order valence-electron chi connectivity index (χ1n) is 20.7. The molecule has 286 valence electrons. The van der Waals surface area contributed by atoms with Crippen molar-refractivity contribution in [2.75, 3.05) is 9.80 Å². The Morgan fingerprint density at radius 1 is 0.466 bits per heavy atom. The highest BCUT2D eigenvalue weighted by atomic mass is 15.2. The summed E-state index contributed by atoms with van der Waals surface area (Å²) in [5.74, 6) is 1.93. The molecule has 0 N–H and O–H groups in total. The van der Waals surface area contributed by atoms with Gasteiger partial charge in [0.2, 0.25) is 0 Å². The van der Waals surface area contributed by atoms with Crippen molar-refractivity contribution in [3.63, 3.8) is 0 Å². The Hall–Kier alpha value is -6.20. The zero-order valence-electron chi connectivity index (χ0n) is 34.9. The fourth-order valence-corrected chi connectivity index (χ4v) is 10.5. The molecule has 3 aromatic heterocycles. The molecule has 8 aromatic rings. The van der Waals surface area contributed by atoms with Gasteiger partial charge in [-0.1, -0.05) is 123 Å². The monoisotopic (exact) mass is 755 g/mol. The van der Waals surface area contributed by atoms with Crippen LogP contribution in [0.25, 0.3) is 27.6 Å². The maximum absolute atomic E-state index is 5.14. The van der Waals surface area contributed by atoms with Crippen LogP contribution in [0.3, 0.4) is 0 Å². The van der Waals surface area contributed by atoms with Crippen LogP contribution < -0.4 is 9.80 Å². The lowest BCUT2D eigenvalue weighted by Gasteiger charge is -2.44. The summed E-state index contributed by atoms with van der Waals surface area (Å²) >= 11 is 0. The molecule has 6 heterocycles. The lowest BCUT2D eigenvalue weighted by atomic mass is 9.72. The van der Waals surface area contributed by atoms with Gasteiger partial charge in [-0.15, -0.1) is 0 Å². The van der Waals surface area contributed by atoms with Crippen molar-refractivity contribution in [3.05, 3.63) is 173 Å². The van der Waals surface area contributed by atoms with Crippen molar-refractivity contribution < 1.29 is 0 Å². The van der Waals surface area contributed by atoms with Gasteiger partial charge in [0, 0.05) is 50.7 Å². The van der Waals surface area contributed by atoms with Gasteiger partial charge >= 0.3 is 0 Å². The Kier molecular flexibility index (Phi) is 6.92. The summed E-state index contributed by atoms with van der Waals surface area (Å²) in [5, 5.41) is 2.57. The molecule has 0 aliphatic carbocycles. The minimum atomic E-state index is -0.264. The molecule has 0 radical (unpaired) electrons. The number of hydrogen-bond acceptors (Lipinski definition) is 4. The van der Waals surface area contributed by atoms with E-state index in [1.165, 1.54) is 72.1 Å². The number of pyridine rings is 2. The number of nitrogens with zero attached hydrogens (tertiary/aromatic N) is 5. The Morgan fingerprint density at radius 2 is 1.07 bits per heavy atom. The number of hydrogen-bond donors (Lipinski definition) is 0. The molecular weight excluding hydrogens is 707 g/mol. The molecule has 11 rings (SSSR count). The predicted octanol–water partition coefficient (Wildman–Crippen LogP) is 13.7. The number of aromatic nitrogens is 3. The molecule has 0 atom stereocenters. The summed E-state index contributed by atoms with van der Waals surface area (Å²) in [4.78, 5) is 14.9. The van der Waals surface area contributed by atoms with Crippen molar-refractivity contribution in [2.24, 2.45) is 0 Å². The number of fused-ring (bicyclic) bond motifs is 9. The van der Waals surface area contributed by atoms with Crippen LogP contribution in [0.1, 0.15) is 101 Å². The molecular formula is C53H49N5. The molecule has 3 aliphatic rings. The standard InChI is InChI=1S/C53H49N5/c1-50(2,3)32-27-35-34-30-40-46(31-44(34)58-48(35)41(28-32)53(8,9)39-19-16-26-55-49(39)58)56(42-20-12-10-17-36(42)52(40,6)7)33-23-24-38-45(29-33)57(47-22-14-15-25-54-47)43-21-13-11-18-37(43)51(38,4)5/h10-31H,1-9H3. The second-order valence-corrected chi connectivity index (χ2v) is 19.2. The predicted molar refractivity (Wildman–Crippen MR) is 241 cm³/mol. The van der Waals surface area contributed by atoms with E-state index in [1.807, 2.05) is 18.5 Å². The van der Waals surface area contributed by atoms with E-state index in [0.717, 1.165) is 28.7 Å². The van der Waals surface area contributed by atoms with Crippen LogP contribution in [0.2, 0.25) is 0 Å². The summed E-state index contributed by atoms with van der Waals surface area (Å²) < 4.78 is 2.47. The molecule has 58 heavy (non-hydrogen) atoms.